The number of ether oxygens (including phenoxy) is 1. The lowest BCUT2D eigenvalue weighted by Crippen LogP contribution is -1.94. The molecule has 21 heavy (non-hydrogen) atoms. The molecule has 0 aliphatic carbocycles. The molecule has 3 rings (SSSR count). The number of para-hydroxylation sites is 1. The average molecular weight is 296 g/mol. The quantitative estimate of drug-likeness (QED) is 0.731. The van der Waals surface area contributed by atoms with E-state index in [1.807, 2.05) is 54.6 Å². The van der Waals surface area contributed by atoms with E-state index in [9.17, 15) is 0 Å². The zero-order chi connectivity index (χ0) is 14.7. The molecule has 3 aromatic rings. The molecule has 0 bridgehead atoms. The second kappa shape index (κ2) is 5.97. The number of nitrogen functional groups attached to an aromatic ring is 1. The molecule has 2 aromatic carbocycles. The average Bonchev–Trinajstić information content (AvgIpc) is 2.88. The van der Waals surface area contributed by atoms with Crippen LogP contribution >= 0.6 is 11.3 Å². The minimum atomic E-state index is 0.491. The van der Waals surface area contributed by atoms with Gasteiger partial charge in [-0.1, -0.05) is 30.3 Å². The van der Waals surface area contributed by atoms with Crippen LogP contribution in [-0.4, -0.2) is 4.98 Å². The zero-order valence-electron chi connectivity index (χ0n) is 11.7. The zero-order valence-corrected chi connectivity index (χ0v) is 12.6. The van der Waals surface area contributed by atoms with E-state index in [1.54, 1.807) is 11.3 Å². The summed E-state index contributed by atoms with van der Waals surface area (Å²) >= 11 is 1.67. The van der Waals surface area contributed by atoms with Crippen LogP contribution in [0.1, 0.15) is 9.88 Å². The van der Waals surface area contributed by atoms with Gasteiger partial charge < -0.3 is 10.5 Å². The van der Waals surface area contributed by atoms with Gasteiger partial charge in [-0.2, -0.15) is 0 Å². The van der Waals surface area contributed by atoms with Gasteiger partial charge in [0.05, 0.1) is 5.69 Å². The number of hydrogen-bond acceptors (Lipinski definition) is 4. The molecule has 0 spiro atoms. The molecular formula is C17H16N2OS. The molecule has 0 saturated heterocycles. The van der Waals surface area contributed by atoms with Crippen molar-refractivity contribution >= 4 is 17.0 Å². The molecule has 4 heteroatoms. The smallest absolute Gasteiger partial charge is 0.140 e. The molecule has 0 amide bonds. The predicted octanol–water partition coefficient (Wildman–Crippen LogP) is 4.28. The van der Waals surface area contributed by atoms with E-state index in [1.165, 1.54) is 4.88 Å². The Morgan fingerprint density at radius 1 is 1.05 bits per heavy atom. The lowest BCUT2D eigenvalue weighted by molar-refractivity contribution is 0.305. The van der Waals surface area contributed by atoms with E-state index >= 15 is 0 Å². The van der Waals surface area contributed by atoms with Gasteiger partial charge in [0.1, 0.15) is 17.4 Å². The van der Waals surface area contributed by atoms with Crippen LogP contribution in [0, 0.1) is 6.92 Å². The minimum Gasteiger partial charge on any atom is -0.486 e. The van der Waals surface area contributed by atoms with Crippen LogP contribution in [-0.2, 0) is 6.61 Å². The van der Waals surface area contributed by atoms with Crippen molar-refractivity contribution in [2.24, 2.45) is 0 Å². The van der Waals surface area contributed by atoms with Crippen LogP contribution in [0.15, 0.2) is 54.6 Å². The number of aryl methyl sites for hydroxylation is 1. The highest BCUT2D eigenvalue weighted by Crippen LogP contribution is 2.28. The molecule has 1 heterocycles. The summed E-state index contributed by atoms with van der Waals surface area (Å²) in [5.74, 6) is 0.861. The third-order valence-electron chi connectivity index (χ3n) is 3.13. The third-order valence-corrected chi connectivity index (χ3v) is 4.07. The highest BCUT2D eigenvalue weighted by atomic mass is 32.1. The van der Waals surface area contributed by atoms with E-state index in [4.69, 9.17) is 10.5 Å². The molecule has 1 aromatic heterocycles. The summed E-state index contributed by atoms with van der Waals surface area (Å²) in [5, 5.41) is 0.975. The molecule has 0 radical (unpaired) electrons. The molecule has 3 nitrogen and oxygen atoms in total. The lowest BCUT2D eigenvalue weighted by atomic mass is 10.1. The van der Waals surface area contributed by atoms with Crippen LogP contribution in [0.3, 0.4) is 0 Å². The van der Waals surface area contributed by atoms with Gasteiger partial charge in [0.2, 0.25) is 0 Å². The summed E-state index contributed by atoms with van der Waals surface area (Å²) in [5.41, 5.74) is 8.58. The number of anilines is 1. The Morgan fingerprint density at radius 3 is 2.48 bits per heavy atom. The topological polar surface area (TPSA) is 48.1 Å². The van der Waals surface area contributed by atoms with Crippen molar-refractivity contribution in [3.63, 3.8) is 0 Å². The Balaban J connectivity index is 1.76. The Hall–Kier alpha value is -2.33. The Bertz CT molecular complexity index is 720. The lowest BCUT2D eigenvalue weighted by Gasteiger charge is -2.02. The van der Waals surface area contributed by atoms with E-state index < -0.39 is 0 Å². The molecule has 0 atom stereocenters. The van der Waals surface area contributed by atoms with Gasteiger partial charge in [-0.25, -0.2) is 4.98 Å². The summed E-state index contributed by atoms with van der Waals surface area (Å²) < 4.78 is 5.74. The van der Waals surface area contributed by atoms with Crippen LogP contribution in [0.25, 0.3) is 11.3 Å². The molecule has 0 unspecified atom stereocenters. The second-order valence-electron chi connectivity index (χ2n) is 4.74. The van der Waals surface area contributed by atoms with Crippen LogP contribution in [0.4, 0.5) is 5.69 Å². The van der Waals surface area contributed by atoms with Crippen LogP contribution in [0.5, 0.6) is 5.75 Å². The molecule has 106 valence electrons. The number of nitrogens with two attached hydrogens (primary N) is 1. The first kappa shape index (κ1) is 13.6. The van der Waals surface area contributed by atoms with E-state index in [0.29, 0.717) is 6.61 Å². The van der Waals surface area contributed by atoms with Gasteiger partial charge in [0.15, 0.2) is 0 Å². The maximum Gasteiger partial charge on any atom is 0.140 e. The molecule has 0 fully saturated rings. The number of nitrogens with zero attached hydrogens (tertiary/aromatic N) is 1. The van der Waals surface area contributed by atoms with Crippen LogP contribution < -0.4 is 10.5 Å². The first-order chi connectivity index (χ1) is 10.2. The van der Waals surface area contributed by atoms with Crippen molar-refractivity contribution in [1.29, 1.82) is 0 Å². The maximum atomic E-state index is 5.74. The van der Waals surface area contributed by atoms with Gasteiger partial charge in [-0.15, -0.1) is 11.3 Å². The summed E-state index contributed by atoms with van der Waals surface area (Å²) in [6, 6.07) is 17.6. The molecular weight excluding hydrogens is 280 g/mol. The van der Waals surface area contributed by atoms with Crippen molar-refractivity contribution in [2.75, 3.05) is 5.73 Å². The maximum absolute atomic E-state index is 5.74. The SMILES string of the molecule is Cc1sc(COc2ccccc2)nc1-c1ccc(N)cc1. The molecule has 0 aliphatic rings. The highest BCUT2D eigenvalue weighted by Gasteiger charge is 2.10. The minimum absolute atomic E-state index is 0.491. The molecule has 0 saturated carbocycles. The standard InChI is InChI=1S/C17H16N2OS/c1-12-17(13-7-9-14(18)10-8-13)19-16(21-12)11-20-15-5-3-2-4-6-15/h2-10H,11,18H2,1H3. The van der Waals surface area contributed by atoms with Gasteiger partial charge in [0, 0.05) is 16.1 Å². The van der Waals surface area contributed by atoms with Gasteiger partial charge in [0.25, 0.3) is 0 Å². The van der Waals surface area contributed by atoms with E-state index in [-0.39, 0.29) is 0 Å². The van der Waals surface area contributed by atoms with Crippen molar-refractivity contribution in [1.82, 2.24) is 4.98 Å². The van der Waals surface area contributed by atoms with Crippen molar-refractivity contribution in [3.05, 3.63) is 64.5 Å². The Labute approximate surface area is 128 Å². The van der Waals surface area contributed by atoms with Crippen molar-refractivity contribution in [2.45, 2.75) is 13.5 Å². The monoisotopic (exact) mass is 296 g/mol. The van der Waals surface area contributed by atoms with Gasteiger partial charge in [-0.05, 0) is 31.2 Å². The summed E-state index contributed by atoms with van der Waals surface area (Å²) in [6.45, 7) is 2.57. The first-order valence-corrected chi connectivity index (χ1v) is 7.54. The number of aromatic nitrogens is 1. The number of hydrogen-bond donors (Lipinski definition) is 1. The first-order valence-electron chi connectivity index (χ1n) is 6.72. The number of benzene rings is 2. The summed E-state index contributed by atoms with van der Waals surface area (Å²) in [4.78, 5) is 5.86. The normalized spacial score (nSPS) is 10.5. The third kappa shape index (κ3) is 3.23. The van der Waals surface area contributed by atoms with Gasteiger partial charge in [-0.3, -0.25) is 0 Å². The van der Waals surface area contributed by atoms with Crippen molar-refractivity contribution < 1.29 is 4.74 Å². The highest BCUT2D eigenvalue weighted by molar-refractivity contribution is 7.12. The number of thiazole rings is 1. The van der Waals surface area contributed by atoms with E-state index in [2.05, 4.69) is 11.9 Å². The second-order valence-corrected chi connectivity index (χ2v) is 6.02. The summed E-state index contributed by atoms with van der Waals surface area (Å²) in [6.07, 6.45) is 0. The van der Waals surface area contributed by atoms with Gasteiger partial charge >= 0.3 is 0 Å². The fraction of sp³-hybridized carbons (Fsp3) is 0.118. The van der Waals surface area contributed by atoms with Crippen molar-refractivity contribution in [3.8, 4) is 17.0 Å². The summed E-state index contributed by atoms with van der Waals surface area (Å²) in [7, 11) is 0. The Kier molecular flexibility index (Phi) is 3.88. The van der Waals surface area contributed by atoms with Crippen LogP contribution in [0.2, 0.25) is 0 Å². The fourth-order valence-corrected chi connectivity index (χ4v) is 2.95. The molecule has 2 N–H and O–H groups in total. The molecule has 0 aliphatic heterocycles. The largest absolute Gasteiger partial charge is 0.486 e. The van der Waals surface area contributed by atoms with E-state index in [0.717, 1.165) is 27.7 Å². The fourth-order valence-electron chi connectivity index (χ4n) is 2.08. The predicted molar refractivity (Wildman–Crippen MR) is 87.5 cm³/mol. The number of rotatable bonds is 4. The Morgan fingerprint density at radius 2 is 1.76 bits per heavy atom.